The number of aliphatic hydroxyl groups excluding tert-OH is 1. The highest BCUT2D eigenvalue weighted by atomic mass is 16.6. The number of nitro groups is 1. The molecule has 86 valence electrons. The first kappa shape index (κ1) is 12.1. The monoisotopic (exact) mass is 224 g/mol. The minimum absolute atomic E-state index is 0.191. The van der Waals surface area contributed by atoms with E-state index in [1.165, 1.54) is 31.0 Å². The summed E-state index contributed by atoms with van der Waals surface area (Å²) in [4.78, 5) is 22.5. The van der Waals surface area contributed by atoms with E-state index >= 15 is 0 Å². The smallest absolute Gasteiger partial charge is 0.293 e. The summed E-state index contributed by atoms with van der Waals surface area (Å²) in [6, 6.07) is 4.25. The lowest BCUT2D eigenvalue weighted by atomic mass is 10.1. The summed E-state index contributed by atoms with van der Waals surface area (Å²) in [6.45, 7) is 1.05. The van der Waals surface area contributed by atoms with Crippen LogP contribution in [0.25, 0.3) is 0 Å². The molecule has 1 N–H and O–H groups in total. The van der Waals surface area contributed by atoms with Crippen LogP contribution < -0.4 is 4.90 Å². The summed E-state index contributed by atoms with van der Waals surface area (Å²) in [5.74, 6) is -0.292. The maximum Gasteiger partial charge on any atom is 0.293 e. The molecule has 0 saturated carbocycles. The second-order valence-corrected chi connectivity index (χ2v) is 3.32. The molecule has 0 atom stereocenters. The summed E-state index contributed by atoms with van der Waals surface area (Å²) in [5.41, 5.74) is 0.464. The fourth-order valence-corrected chi connectivity index (χ4v) is 1.27. The SMILES string of the molecule is CC(=O)N(C)c1ccc(CO)cc1[N+](=O)[O-]. The quantitative estimate of drug-likeness (QED) is 0.614. The number of hydrogen-bond donors (Lipinski definition) is 1. The summed E-state index contributed by atoms with van der Waals surface area (Å²) >= 11 is 0. The van der Waals surface area contributed by atoms with Gasteiger partial charge < -0.3 is 10.0 Å². The fourth-order valence-electron chi connectivity index (χ4n) is 1.27. The van der Waals surface area contributed by atoms with E-state index in [0.29, 0.717) is 5.56 Å². The van der Waals surface area contributed by atoms with Crippen LogP contribution in [0.4, 0.5) is 11.4 Å². The Kier molecular flexibility index (Phi) is 3.57. The number of rotatable bonds is 3. The van der Waals surface area contributed by atoms with Gasteiger partial charge in [-0.3, -0.25) is 14.9 Å². The first-order valence-corrected chi connectivity index (χ1v) is 4.60. The van der Waals surface area contributed by atoms with Crippen molar-refractivity contribution in [3.05, 3.63) is 33.9 Å². The van der Waals surface area contributed by atoms with Gasteiger partial charge in [0.25, 0.3) is 5.69 Å². The maximum absolute atomic E-state index is 11.1. The average Bonchev–Trinajstić information content (AvgIpc) is 2.26. The van der Waals surface area contributed by atoms with Gasteiger partial charge in [-0.05, 0) is 11.6 Å². The van der Waals surface area contributed by atoms with Crippen molar-refractivity contribution in [3.8, 4) is 0 Å². The number of amides is 1. The molecule has 1 aromatic carbocycles. The van der Waals surface area contributed by atoms with Gasteiger partial charge in [-0.15, -0.1) is 0 Å². The third-order valence-electron chi connectivity index (χ3n) is 2.25. The van der Waals surface area contributed by atoms with E-state index in [-0.39, 0.29) is 23.9 Å². The lowest BCUT2D eigenvalue weighted by Crippen LogP contribution is -2.23. The first-order chi connectivity index (χ1) is 7.47. The van der Waals surface area contributed by atoms with E-state index in [1.807, 2.05) is 0 Å². The van der Waals surface area contributed by atoms with Crippen molar-refractivity contribution in [1.82, 2.24) is 0 Å². The van der Waals surface area contributed by atoms with Crippen LogP contribution in [0, 0.1) is 10.1 Å². The van der Waals surface area contributed by atoms with Gasteiger partial charge in [0.15, 0.2) is 0 Å². The zero-order chi connectivity index (χ0) is 12.3. The Morgan fingerprint density at radius 1 is 1.56 bits per heavy atom. The molecule has 0 aliphatic heterocycles. The molecule has 6 heteroatoms. The van der Waals surface area contributed by atoms with Crippen LogP contribution >= 0.6 is 0 Å². The molecule has 0 aliphatic rings. The number of carbonyl (C=O) groups is 1. The molecule has 0 heterocycles. The average molecular weight is 224 g/mol. The summed E-state index contributed by atoms with van der Waals surface area (Å²) in [6.07, 6.45) is 0. The predicted octanol–water partition coefficient (Wildman–Crippen LogP) is 1.07. The van der Waals surface area contributed by atoms with Crippen molar-refractivity contribution in [2.75, 3.05) is 11.9 Å². The number of anilines is 1. The van der Waals surface area contributed by atoms with E-state index in [4.69, 9.17) is 5.11 Å². The number of nitro benzene ring substituents is 1. The number of benzene rings is 1. The lowest BCUT2D eigenvalue weighted by molar-refractivity contribution is -0.384. The molecule has 1 aromatic rings. The molecular formula is C10H12N2O4. The maximum atomic E-state index is 11.1. The Hall–Kier alpha value is -1.95. The Morgan fingerprint density at radius 3 is 2.62 bits per heavy atom. The molecule has 0 saturated heterocycles. The lowest BCUT2D eigenvalue weighted by Gasteiger charge is -2.15. The van der Waals surface area contributed by atoms with Gasteiger partial charge in [-0.1, -0.05) is 6.07 Å². The normalized spacial score (nSPS) is 9.94. The summed E-state index contributed by atoms with van der Waals surface area (Å²) in [7, 11) is 1.46. The molecule has 0 fully saturated rings. The Bertz CT molecular complexity index is 431. The Balaban J connectivity index is 3.28. The molecule has 0 spiro atoms. The van der Waals surface area contributed by atoms with Crippen LogP contribution in [0.2, 0.25) is 0 Å². The molecule has 0 bridgehead atoms. The van der Waals surface area contributed by atoms with Crippen LogP contribution in [0.3, 0.4) is 0 Å². The second kappa shape index (κ2) is 4.71. The predicted molar refractivity (Wildman–Crippen MR) is 58.1 cm³/mol. The molecule has 1 amide bonds. The van der Waals surface area contributed by atoms with Gasteiger partial charge in [0.1, 0.15) is 5.69 Å². The molecule has 0 radical (unpaired) electrons. The highest BCUT2D eigenvalue weighted by Gasteiger charge is 2.19. The zero-order valence-electron chi connectivity index (χ0n) is 9.01. The molecule has 1 rings (SSSR count). The summed E-state index contributed by atoms with van der Waals surface area (Å²) < 4.78 is 0. The van der Waals surface area contributed by atoms with Crippen molar-refractivity contribution in [2.45, 2.75) is 13.5 Å². The van der Waals surface area contributed by atoms with E-state index in [2.05, 4.69) is 0 Å². The van der Waals surface area contributed by atoms with Crippen molar-refractivity contribution >= 4 is 17.3 Å². The van der Waals surface area contributed by atoms with Gasteiger partial charge in [-0.2, -0.15) is 0 Å². The molecule has 6 nitrogen and oxygen atoms in total. The van der Waals surface area contributed by atoms with Crippen LogP contribution in [-0.2, 0) is 11.4 Å². The van der Waals surface area contributed by atoms with Gasteiger partial charge in [0.05, 0.1) is 11.5 Å². The number of hydrogen-bond acceptors (Lipinski definition) is 4. The van der Waals surface area contributed by atoms with Gasteiger partial charge in [0.2, 0.25) is 5.91 Å². The third-order valence-corrected chi connectivity index (χ3v) is 2.25. The number of aliphatic hydroxyl groups is 1. The van der Waals surface area contributed by atoms with Crippen LogP contribution in [0.15, 0.2) is 18.2 Å². The topological polar surface area (TPSA) is 83.7 Å². The zero-order valence-corrected chi connectivity index (χ0v) is 9.01. The minimum atomic E-state index is -0.575. The van der Waals surface area contributed by atoms with Crippen LogP contribution in [0.1, 0.15) is 12.5 Å². The van der Waals surface area contributed by atoms with E-state index in [1.54, 1.807) is 6.07 Å². The standard InChI is InChI=1S/C10H12N2O4/c1-7(14)11(2)9-4-3-8(6-13)5-10(9)12(15)16/h3-5,13H,6H2,1-2H3. The molecule has 0 unspecified atom stereocenters. The van der Waals surface area contributed by atoms with E-state index < -0.39 is 4.92 Å². The molecule has 16 heavy (non-hydrogen) atoms. The molecule has 0 aliphatic carbocycles. The van der Waals surface area contributed by atoms with Crippen molar-refractivity contribution in [1.29, 1.82) is 0 Å². The molecule has 0 aromatic heterocycles. The van der Waals surface area contributed by atoms with E-state index in [9.17, 15) is 14.9 Å². The van der Waals surface area contributed by atoms with Gasteiger partial charge in [-0.25, -0.2) is 0 Å². The summed E-state index contributed by atoms with van der Waals surface area (Å²) in [5, 5.41) is 19.7. The first-order valence-electron chi connectivity index (χ1n) is 4.60. The van der Waals surface area contributed by atoms with E-state index in [0.717, 1.165) is 0 Å². The fraction of sp³-hybridized carbons (Fsp3) is 0.300. The third kappa shape index (κ3) is 2.34. The van der Waals surface area contributed by atoms with Gasteiger partial charge in [0, 0.05) is 20.0 Å². The number of nitrogens with zero attached hydrogens (tertiary/aromatic N) is 2. The number of carbonyl (C=O) groups excluding carboxylic acids is 1. The Labute approximate surface area is 92.3 Å². The largest absolute Gasteiger partial charge is 0.392 e. The van der Waals surface area contributed by atoms with Crippen molar-refractivity contribution in [3.63, 3.8) is 0 Å². The highest BCUT2D eigenvalue weighted by molar-refractivity contribution is 5.93. The van der Waals surface area contributed by atoms with Crippen molar-refractivity contribution in [2.24, 2.45) is 0 Å². The highest BCUT2D eigenvalue weighted by Crippen LogP contribution is 2.28. The van der Waals surface area contributed by atoms with Crippen molar-refractivity contribution < 1.29 is 14.8 Å². The van der Waals surface area contributed by atoms with Crippen LogP contribution in [0.5, 0.6) is 0 Å². The second-order valence-electron chi connectivity index (χ2n) is 3.32. The van der Waals surface area contributed by atoms with Gasteiger partial charge >= 0.3 is 0 Å². The van der Waals surface area contributed by atoms with Crippen LogP contribution in [-0.4, -0.2) is 23.0 Å². The molecular weight excluding hydrogens is 212 g/mol. The Morgan fingerprint density at radius 2 is 2.19 bits per heavy atom. The minimum Gasteiger partial charge on any atom is -0.392 e.